The van der Waals surface area contributed by atoms with Crippen molar-refractivity contribution in [2.75, 3.05) is 13.2 Å². The van der Waals surface area contributed by atoms with E-state index in [0.717, 1.165) is 10.2 Å². The van der Waals surface area contributed by atoms with Gasteiger partial charge in [0.15, 0.2) is 0 Å². The molecule has 4 nitrogen and oxygen atoms in total. The fraction of sp³-hybridized carbons (Fsp3) is 0.500. The predicted molar refractivity (Wildman–Crippen MR) is 78.1 cm³/mol. The topological polar surface area (TPSA) is 58.6 Å². The van der Waals surface area contributed by atoms with Gasteiger partial charge in [0.05, 0.1) is 13.0 Å². The molecule has 5 heteroatoms. The van der Waals surface area contributed by atoms with Crippen LogP contribution in [0.5, 0.6) is 5.75 Å². The number of carbonyl (C=O) groups excluding carboxylic acids is 1. The van der Waals surface area contributed by atoms with Crippen molar-refractivity contribution < 1.29 is 14.6 Å². The molecule has 0 heterocycles. The first kappa shape index (κ1) is 16.0. The molecule has 0 aliphatic heterocycles. The maximum absolute atomic E-state index is 11.6. The zero-order chi connectivity index (χ0) is 14.3. The highest BCUT2D eigenvalue weighted by molar-refractivity contribution is 9.10. The first-order valence-corrected chi connectivity index (χ1v) is 7.11. The Morgan fingerprint density at radius 3 is 2.84 bits per heavy atom. The number of carbonyl (C=O) groups is 1. The Morgan fingerprint density at radius 2 is 2.21 bits per heavy atom. The number of benzene rings is 1. The molecule has 2 N–H and O–H groups in total. The van der Waals surface area contributed by atoms with Gasteiger partial charge in [-0.1, -0.05) is 28.9 Å². The van der Waals surface area contributed by atoms with Gasteiger partial charge in [-0.3, -0.25) is 4.79 Å². The lowest BCUT2D eigenvalue weighted by molar-refractivity contribution is -0.122. The first-order chi connectivity index (χ1) is 9.02. The monoisotopic (exact) mass is 329 g/mol. The second kappa shape index (κ2) is 8.17. The Labute approximate surface area is 122 Å². The zero-order valence-electron chi connectivity index (χ0n) is 11.2. The SMILES string of the molecule is CC(CO)C(C)NC(=O)CCOc1cccc(Br)c1. The van der Waals surface area contributed by atoms with Gasteiger partial charge in [0.2, 0.25) is 5.91 Å². The Hall–Kier alpha value is -1.07. The van der Waals surface area contributed by atoms with Crippen LogP contribution in [0.2, 0.25) is 0 Å². The molecule has 0 saturated carbocycles. The molecule has 19 heavy (non-hydrogen) atoms. The predicted octanol–water partition coefficient (Wildman–Crippen LogP) is 2.35. The summed E-state index contributed by atoms with van der Waals surface area (Å²) in [4.78, 5) is 11.6. The second-order valence-corrected chi connectivity index (χ2v) is 5.49. The lowest BCUT2D eigenvalue weighted by Gasteiger charge is -2.19. The zero-order valence-corrected chi connectivity index (χ0v) is 12.8. The minimum Gasteiger partial charge on any atom is -0.493 e. The molecule has 0 aliphatic rings. The van der Waals surface area contributed by atoms with E-state index in [1.54, 1.807) is 0 Å². The largest absolute Gasteiger partial charge is 0.493 e. The van der Waals surface area contributed by atoms with Gasteiger partial charge in [0.25, 0.3) is 0 Å². The number of halogens is 1. The van der Waals surface area contributed by atoms with E-state index in [-0.39, 0.29) is 24.5 Å². The third kappa shape index (κ3) is 6.07. The molecule has 0 saturated heterocycles. The van der Waals surface area contributed by atoms with Crippen LogP contribution < -0.4 is 10.1 Å². The summed E-state index contributed by atoms with van der Waals surface area (Å²) in [6.07, 6.45) is 0.301. The van der Waals surface area contributed by atoms with Crippen LogP contribution in [-0.2, 0) is 4.79 Å². The van der Waals surface area contributed by atoms with E-state index in [2.05, 4.69) is 21.2 Å². The van der Waals surface area contributed by atoms with Gasteiger partial charge in [0, 0.05) is 17.1 Å². The smallest absolute Gasteiger partial charge is 0.223 e. The molecule has 1 rings (SSSR count). The summed E-state index contributed by atoms with van der Waals surface area (Å²) < 4.78 is 6.43. The van der Waals surface area contributed by atoms with Crippen LogP contribution in [-0.4, -0.2) is 30.3 Å². The van der Waals surface area contributed by atoms with Crippen LogP contribution in [0.15, 0.2) is 28.7 Å². The molecule has 1 amide bonds. The van der Waals surface area contributed by atoms with Gasteiger partial charge >= 0.3 is 0 Å². The molecule has 2 unspecified atom stereocenters. The summed E-state index contributed by atoms with van der Waals surface area (Å²) in [5.41, 5.74) is 0. The minimum atomic E-state index is -0.0669. The maximum atomic E-state index is 11.6. The molecule has 106 valence electrons. The fourth-order valence-corrected chi connectivity index (χ4v) is 1.82. The number of hydrogen-bond acceptors (Lipinski definition) is 3. The van der Waals surface area contributed by atoms with Gasteiger partial charge in [-0.15, -0.1) is 0 Å². The van der Waals surface area contributed by atoms with Crippen LogP contribution >= 0.6 is 15.9 Å². The third-order valence-corrected chi connectivity index (χ3v) is 3.42. The average molecular weight is 330 g/mol. The normalized spacial score (nSPS) is 13.7. The van der Waals surface area contributed by atoms with Crippen LogP contribution in [0.4, 0.5) is 0 Å². The second-order valence-electron chi connectivity index (χ2n) is 4.57. The molecule has 1 aromatic carbocycles. The summed E-state index contributed by atoms with van der Waals surface area (Å²) in [6, 6.07) is 7.46. The van der Waals surface area contributed by atoms with Crippen molar-refractivity contribution >= 4 is 21.8 Å². The van der Waals surface area contributed by atoms with Crippen LogP contribution in [0.25, 0.3) is 0 Å². The van der Waals surface area contributed by atoms with E-state index >= 15 is 0 Å². The molecule has 2 atom stereocenters. The van der Waals surface area contributed by atoms with E-state index in [1.807, 2.05) is 38.1 Å². The number of aliphatic hydroxyl groups excluding tert-OH is 1. The summed E-state index contributed by atoms with van der Waals surface area (Å²) in [5, 5.41) is 11.8. The van der Waals surface area contributed by atoms with E-state index in [9.17, 15) is 4.79 Å². The number of hydrogen-bond donors (Lipinski definition) is 2. The number of nitrogens with one attached hydrogen (secondary N) is 1. The average Bonchev–Trinajstić information content (AvgIpc) is 2.37. The van der Waals surface area contributed by atoms with E-state index in [0.29, 0.717) is 13.0 Å². The molecule has 0 radical (unpaired) electrons. The summed E-state index contributed by atoms with van der Waals surface area (Å²) in [6.45, 7) is 4.18. The Bertz CT molecular complexity index is 411. The Kier molecular flexibility index (Phi) is 6.87. The fourth-order valence-electron chi connectivity index (χ4n) is 1.44. The number of aliphatic hydroxyl groups is 1. The Balaban J connectivity index is 2.27. The van der Waals surface area contributed by atoms with Crippen LogP contribution in [0, 0.1) is 5.92 Å². The molecule has 0 fully saturated rings. The van der Waals surface area contributed by atoms with Crippen molar-refractivity contribution in [2.45, 2.75) is 26.3 Å². The third-order valence-electron chi connectivity index (χ3n) is 2.92. The lowest BCUT2D eigenvalue weighted by Crippen LogP contribution is -2.38. The summed E-state index contributed by atoms with van der Waals surface area (Å²) >= 11 is 3.36. The van der Waals surface area contributed by atoms with E-state index in [1.165, 1.54) is 0 Å². The molecule has 1 aromatic rings. The van der Waals surface area contributed by atoms with Crippen molar-refractivity contribution in [1.82, 2.24) is 5.32 Å². The highest BCUT2D eigenvalue weighted by Gasteiger charge is 2.13. The van der Waals surface area contributed by atoms with E-state index < -0.39 is 0 Å². The standard InChI is InChI=1S/C14H20BrNO3/c1-10(9-17)11(2)16-14(18)6-7-19-13-5-3-4-12(15)8-13/h3-5,8,10-11,17H,6-7,9H2,1-2H3,(H,16,18). The van der Waals surface area contributed by atoms with Gasteiger partial charge < -0.3 is 15.2 Å². The Morgan fingerprint density at radius 1 is 1.47 bits per heavy atom. The molecule has 0 spiro atoms. The summed E-state index contributed by atoms with van der Waals surface area (Å²) in [5.74, 6) is 0.719. The summed E-state index contributed by atoms with van der Waals surface area (Å²) in [7, 11) is 0. The highest BCUT2D eigenvalue weighted by atomic mass is 79.9. The van der Waals surface area contributed by atoms with Crippen molar-refractivity contribution in [3.8, 4) is 5.75 Å². The highest BCUT2D eigenvalue weighted by Crippen LogP contribution is 2.17. The molecule has 0 aromatic heterocycles. The number of amides is 1. The molecular formula is C14H20BrNO3. The van der Waals surface area contributed by atoms with Crippen LogP contribution in [0.1, 0.15) is 20.3 Å². The van der Waals surface area contributed by atoms with E-state index in [4.69, 9.17) is 9.84 Å². The van der Waals surface area contributed by atoms with Gasteiger partial charge in [0.1, 0.15) is 5.75 Å². The van der Waals surface area contributed by atoms with Crippen molar-refractivity contribution in [2.24, 2.45) is 5.92 Å². The van der Waals surface area contributed by atoms with Gasteiger partial charge in [-0.05, 0) is 31.0 Å². The quantitative estimate of drug-likeness (QED) is 0.807. The van der Waals surface area contributed by atoms with Gasteiger partial charge in [-0.2, -0.15) is 0 Å². The van der Waals surface area contributed by atoms with Crippen molar-refractivity contribution in [1.29, 1.82) is 0 Å². The number of rotatable bonds is 7. The van der Waals surface area contributed by atoms with Gasteiger partial charge in [-0.25, -0.2) is 0 Å². The number of ether oxygens (including phenoxy) is 1. The maximum Gasteiger partial charge on any atom is 0.223 e. The molecule has 0 bridgehead atoms. The molecular weight excluding hydrogens is 310 g/mol. The lowest BCUT2D eigenvalue weighted by atomic mass is 10.1. The van der Waals surface area contributed by atoms with Crippen molar-refractivity contribution in [3.05, 3.63) is 28.7 Å². The first-order valence-electron chi connectivity index (χ1n) is 6.31. The van der Waals surface area contributed by atoms with Crippen LogP contribution in [0.3, 0.4) is 0 Å². The molecule has 0 aliphatic carbocycles. The minimum absolute atomic E-state index is 0.0385. The van der Waals surface area contributed by atoms with Crippen molar-refractivity contribution in [3.63, 3.8) is 0 Å².